The quantitative estimate of drug-likeness (QED) is 0.0188. The molecule has 4 heterocycles. The molecule has 0 bridgehead atoms. The number of rotatable bonds is 61. The number of aliphatic hydroxyl groups excluding tert-OH is 19. The first kappa shape index (κ1) is 105. The summed E-state index contributed by atoms with van der Waals surface area (Å²) in [6.45, 7) is -3.86. The molecule has 8 atom stereocenters. The van der Waals surface area contributed by atoms with Gasteiger partial charge in [-0.3, -0.25) is 0 Å². The lowest BCUT2D eigenvalue weighted by Gasteiger charge is -2.31. The zero-order chi connectivity index (χ0) is 94.5. The number of nitrogens with two attached hydrogens (primary N) is 1. The Labute approximate surface area is 766 Å². The second-order valence-corrected chi connectivity index (χ2v) is 33.8. The summed E-state index contributed by atoms with van der Waals surface area (Å²) >= 11 is 0. The van der Waals surface area contributed by atoms with Crippen LogP contribution >= 0.6 is 0 Å². The van der Waals surface area contributed by atoms with Crippen molar-refractivity contribution in [2.75, 3.05) is 205 Å². The zero-order valence-corrected chi connectivity index (χ0v) is 73.8. The Morgan fingerprint density at radius 3 is 0.485 bits per heavy atom. The number of hydrogen-bond donors (Lipinski definition) is 24. The van der Waals surface area contributed by atoms with Crippen LogP contribution in [0.2, 0.25) is 0 Å². The van der Waals surface area contributed by atoms with Crippen molar-refractivity contribution in [3.63, 3.8) is 0 Å². The molecule has 8 unspecified atom stereocenters. The maximum Gasteiger partial charge on any atom is 0.119 e. The van der Waals surface area contributed by atoms with Crippen LogP contribution in [0.15, 0.2) is 194 Å². The van der Waals surface area contributed by atoms with Crippen molar-refractivity contribution in [1.29, 1.82) is 0 Å². The number of aliphatic hydroxyl groups is 19. The van der Waals surface area contributed by atoms with Crippen molar-refractivity contribution in [3.8, 4) is 46.0 Å². The molecule has 4 saturated heterocycles. The molecule has 0 aliphatic carbocycles. The summed E-state index contributed by atoms with van der Waals surface area (Å²) in [5.41, 5.74) is 6.24. The van der Waals surface area contributed by atoms with Crippen molar-refractivity contribution in [1.82, 2.24) is 21.3 Å². The molecule has 132 heavy (non-hydrogen) atoms. The Kier molecular flexibility index (Phi) is 42.0. The van der Waals surface area contributed by atoms with E-state index in [1.807, 2.05) is 48.5 Å². The fraction of sp³-hybridized carbons (Fsp3) is 0.500. The minimum Gasteiger partial charge on any atom is -0.491 e. The number of β-amino-alcohol motifs (C(OH)–C–C–N with tert-alkyl or cyclic N) is 4. The topological polar surface area (TPSA) is 582 Å². The van der Waals surface area contributed by atoms with Crippen LogP contribution in [0.4, 0.5) is 0 Å². The molecule has 0 saturated carbocycles. The summed E-state index contributed by atoms with van der Waals surface area (Å²) in [5, 5.41) is 195. The first-order valence-corrected chi connectivity index (χ1v) is 43.9. The van der Waals surface area contributed by atoms with Crippen LogP contribution in [-0.4, -0.2) is 378 Å². The number of hydrogen-bond acceptors (Lipinski definition) is 36. The van der Waals surface area contributed by atoms with E-state index in [0.717, 1.165) is 71.7 Å². The minimum atomic E-state index is -1.40. The number of ether oxygens (including phenoxy) is 12. The van der Waals surface area contributed by atoms with Gasteiger partial charge in [0, 0.05) is 49.9 Å². The summed E-state index contributed by atoms with van der Waals surface area (Å²) in [6.07, 6.45) is -3.55. The van der Waals surface area contributed by atoms with E-state index >= 15 is 0 Å². The molecule has 4 fully saturated rings. The predicted octanol–water partition coefficient (Wildman–Crippen LogP) is -1.75. The van der Waals surface area contributed by atoms with Crippen molar-refractivity contribution >= 4 is 0 Å². The highest BCUT2D eigenvalue weighted by molar-refractivity contribution is 5.51. The molecule has 8 aromatic rings. The van der Waals surface area contributed by atoms with Crippen molar-refractivity contribution < 1.29 is 154 Å². The summed E-state index contributed by atoms with van der Waals surface area (Å²) in [6, 6.07) is 62.7. The highest BCUT2D eigenvalue weighted by Crippen LogP contribution is 2.47. The number of benzene rings is 8. The first-order valence-electron chi connectivity index (χ1n) is 43.9. The van der Waals surface area contributed by atoms with E-state index in [9.17, 15) is 81.7 Å². The molecule has 8 aromatic carbocycles. The Morgan fingerprint density at radius 2 is 0.371 bits per heavy atom. The minimum absolute atomic E-state index is 0.0140. The summed E-state index contributed by atoms with van der Waals surface area (Å²) in [5.74, 6) is 3.95. The van der Waals surface area contributed by atoms with Gasteiger partial charge in [0.15, 0.2) is 0 Å². The molecule has 12 rings (SSSR count). The molecule has 0 spiro atoms. The maximum absolute atomic E-state index is 10.7. The second kappa shape index (κ2) is 52.8. The molecule has 0 amide bonds. The Morgan fingerprint density at radius 1 is 0.235 bits per heavy atom. The molecule has 0 radical (unpaired) electrons. The average Bonchev–Trinajstić information content (AvgIpc) is 1.48. The van der Waals surface area contributed by atoms with Crippen LogP contribution in [0, 0.1) is 0 Å². The summed E-state index contributed by atoms with van der Waals surface area (Å²) in [7, 11) is 0. The van der Waals surface area contributed by atoms with Crippen LogP contribution in [0.3, 0.4) is 0 Å². The molecule has 36 nitrogen and oxygen atoms in total. The smallest absolute Gasteiger partial charge is 0.119 e. The van der Waals surface area contributed by atoms with Crippen molar-refractivity contribution in [3.05, 3.63) is 239 Å². The fourth-order valence-corrected chi connectivity index (χ4v) is 13.7. The van der Waals surface area contributed by atoms with Gasteiger partial charge in [-0.25, -0.2) is 0 Å². The number of nitrogens with one attached hydrogen (secondary N) is 4. The molecule has 4 aliphatic heterocycles. The molecule has 726 valence electrons. The third kappa shape index (κ3) is 32.4. The molecule has 4 aliphatic rings. The van der Waals surface area contributed by atoms with Gasteiger partial charge in [-0.2, -0.15) is 0 Å². The lowest BCUT2D eigenvalue weighted by atomic mass is 9.73. The Hall–Kier alpha value is -8.96. The van der Waals surface area contributed by atoms with Gasteiger partial charge in [-0.05, 0) is 142 Å². The van der Waals surface area contributed by atoms with E-state index < -0.39 is 163 Å². The van der Waals surface area contributed by atoms with Gasteiger partial charge in [0.1, 0.15) is 148 Å². The predicted molar refractivity (Wildman–Crippen MR) is 482 cm³/mol. The van der Waals surface area contributed by atoms with Gasteiger partial charge >= 0.3 is 0 Å². The van der Waals surface area contributed by atoms with E-state index in [1.165, 1.54) is 22.3 Å². The first-order chi connectivity index (χ1) is 64.0. The normalized spacial score (nSPS) is 17.7. The largest absolute Gasteiger partial charge is 0.491 e. The third-order valence-corrected chi connectivity index (χ3v) is 23.1. The van der Waals surface area contributed by atoms with E-state index in [-0.39, 0.29) is 88.9 Å². The fourth-order valence-electron chi connectivity index (χ4n) is 13.7. The lowest BCUT2D eigenvalue weighted by molar-refractivity contribution is 0.0257. The highest BCUT2D eigenvalue weighted by Gasteiger charge is 2.37. The van der Waals surface area contributed by atoms with E-state index in [2.05, 4.69) is 118 Å². The molecule has 25 N–H and O–H groups in total. The van der Waals surface area contributed by atoms with Crippen molar-refractivity contribution in [2.24, 2.45) is 5.73 Å². The zero-order valence-electron chi connectivity index (χ0n) is 73.8. The van der Waals surface area contributed by atoms with Gasteiger partial charge in [0.25, 0.3) is 0 Å². The number of epoxide rings is 4. The van der Waals surface area contributed by atoms with E-state index in [1.54, 1.807) is 48.5 Å². The Balaban J connectivity index is 0.000000279. The summed E-state index contributed by atoms with van der Waals surface area (Å²) in [4.78, 5) is 0. The monoisotopic (exact) mass is 1850 g/mol. The van der Waals surface area contributed by atoms with Crippen LogP contribution in [0.25, 0.3) is 0 Å². The van der Waals surface area contributed by atoms with Gasteiger partial charge in [-0.1, -0.05) is 97.1 Å². The van der Waals surface area contributed by atoms with Crippen LogP contribution in [0.1, 0.15) is 68.2 Å². The second-order valence-electron chi connectivity index (χ2n) is 33.8. The SMILES string of the molecule is NC(CO)(CO)CO.OCC(CO)(CO)NCC(O)COc1ccc(C(c2ccc(OCC(O)CNC(CO)(CO)CO)cc2)C(c2ccc(OCC(O)CNC(CO)(CO)CO)cc2)c2ccc(OCC(O)CNC(CO)(CO)CO)cc2)cc1.c1cc(C(c2ccc(OCC3CO3)cc2)C(c2ccc(OCC3CO3)cc2)c2ccc(OCC3CO3)cc2)ccc1OCC1CO1. The third-order valence-electron chi connectivity index (χ3n) is 23.1. The van der Waals surface area contributed by atoms with Gasteiger partial charge in [0.05, 0.1) is 153 Å². The highest BCUT2D eigenvalue weighted by atomic mass is 16.6. The molecule has 0 aromatic heterocycles. The van der Waals surface area contributed by atoms with Crippen molar-refractivity contribution in [2.45, 2.75) is 100 Å². The van der Waals surface area contributed by atoms with Crippen LogP contribution in [0.5, 0.6) is 46.0 Å². The van der Waals surface area contributed by atoms with Crippen LogP contribution in [-0.2, 0) is 18.9 Å². The van der Waals surface area contributed by atoms with Gasteiger partial charge in [0.2, 0.25) is 0 Å². The average molecular weight is 1850 g/mol. The van der Waals surface area contributed by atoms with Crippen LogP contribution < -0.4 is 64.9 Å². The lowest BCUT2D eigenvalue weighted by Crippen LogP contribution is -2.57. The molecular weight excluding hydrogens is 1720 g/mol. The molecule has 36 heteroatoms. The maximum atomic E-state index is 10.7. The summed E-state index contributed by atoms with van der Waals surface area (Å²) < 4.78 is 69.0. The molecular formula is C96H131N5O31. The van der Waals surface area contributed by atoms with Gasteiger partial charge < -0.3 is 181 Å². The Bertz CT molecular complexity index is 3910. The standard InChI is InChI=1S/C54H82N4O20.C38H38O8.C4H11NO3/c59-25-51(26-60,27-61)55-17-41(71)21-75-45-9-1-37(2-10-45)49(38-3-11-46(12-4-38)76-22-42(72)18-56-52(28-62,29-63)30-64)50(39-5-13-47(14-6-39)77-23-43(73)19-57-53(31-65,32-66)33-67)40-7-15-48(16-8-40)78-24-44(74)20-58-54(34-68,35-69)36-70;1-9-29(39-17-33-21-43-33)10-2-25(1)37(26-3-11-30(12-4-26)40-18-34-22-44-34)38(27-5-13-31(14-6-27)41-19-35-23-45-35)28-7-15-32(16-8-28)42-20-36-24-46-36;5-4(1-6,2-7)3-8/h1-16,41-44,49-50,55-74H,17-36H2;1-16,33-38H,17-24H2;6-8H,1-3,5H2. The van der Waals surface area contributed by atoms with E-state index in [0.29, 0.717) is 49.4 Å². The van der Waals surface area contributed by atoms with E-state index in [4.69, 9.17) is 77.9 Å². The van der Waals surface area contributed by atoms with Gasteiger partial charge in [-0.15, -0.1) is 0 Å².